The van der Waals surface area contributed by atoms with Gasteiger partial charge in [-0.05, 0) is 43.9 Å². The number of hydrogen-bond acceptors (Lipinski definition) is 6. The number of rotatable bonds is 7. The Hall–Kier alpha value is -3.07. The summed E-state index contributed by atoms with van der Waals surface area (Å²) in [4.78, 5) is 35.9. The number of benzene rings is 1. The number of aliphatic imine (C=N–C) groups is 1. The lowest BCUT2D eigenvalue weighted by Crippen LogP contribution is -2.54. The van der Waals surface area contributed by atoms with Crippen LogP contribution in [0, 0.1) is 0 Å². The highest BCUT2D eigenvalue weighted by Gasteiger charge is 2.26. The van der Waals surface area contributed by atoms with Crippen LogP contribution in [0.25, 0.3) is 5.70 Å². The Morgan fingerprint density at radius 2 is 1.80 bits per heavy atom. The largest absolute Gasteiger partial charge is 0.496 e. The van der Waals surface area contributed by atoms with E-state index in [1.54, 1.807) is 12.0 Å². The summed E-state index contributed by atoms with van der Waals surface area (Å²) in [7, 11) is 1.63. The summed E-state index contributed by atoms with van der Waals surface area (Å²) in [6.07, 6.45) is 6.89. The number of carbonyl (C=O) groups excluding carboxylic acids is 2. The zero-order chi connectivity index (χ0) is 24.6. The smallest absolute Gasteiger partial charge is 0.322 e. The maximum atomic E-state index is 12.8. The van der Waals surface area contributed by atoms with E-state index in [0.717, 1.165) is 49.4 Å². The lowest BCUT2D eigenvalue weighted by atomic mass is 10.1. The molecular weight excluding hydrogens is 446 g/mol. The van der Waals surface area contributed by atoms with Gasteiger partial charge in [-0.2, -0.15) is 0 Å². The minimum atomic E-state index is -0.146. The predicted octanol–water partition coefficient (Wildman–Crippen LogP) is 2.97. The molecule has 2 saturated heterocycles. The molecule has 9 nitrogen and oxygen atoms in total. The number of nitrogens with one attached hydrogen (secondary N) is 1. The average Bonchev–Trinajstić information content (AvgIpc) is 3.36. The molecule has 1 aromatic carbocycles. The van der Waals surface area contributed by atoms with E-state index in [1.807, 2.05) is 29.2 Å². The number of hydrogen-bond donors (Lipinski definition) is 1. The van der Waals surface area contributed by atoms with Crippen LogP contribution < -0.4 is 14.8 Å². The number of likely N-dealkylation sites (tertiary alicyclic amines) is 1. The third-order valence-electron chi connectivity index (χ3n) is 6.64. The van der Waals surface area contributed by atoms with Gasteiger partial charge < -0.3 is 19.3 Å². The van der Waals surface area contributed by atoms with Crippen molar-refractivity contribution in [2.45, 2.75) is 39.0 Å². The summed E-state index contributed by atoms with van der Waals surface area (Å²) in [5.74, 6) is 2.32. The Balaban J connectivity index is 1.28. The molecule has 4 rings (SSSR count). The van der Waals surface area contributed by atoms with E-state index in [-0.39, 0.29) is 11.9 Å². The molecule has 0 saturated carbocycles. The first-order chi connectivity index (χ1) is 17.1. The minimum Gasteiger partial charge on any atom is -0.496 e. The highest BCUT2D eigenvalue weighted by atomic mass is 16.5. The van der Waals surface area contributed by atoms with Crippen LogP contribution in [0.5, 0.6) is 11.5 Å². The maximum Gasteiger partial charge on any atom is 0.322 e. The van der Waals surface area contributed by atoms with E-state index in [4.69, 9.17) is 9.47 Å². The van der Waals surface area contributed by atoms with Gasteiger partial charge in [-0.25, -0.2) is 9.79 Å². The number of ether oxygens (including phenoxy) is 2. The van der Waals surface area contributed by atoms with Crippen LogP contribution in [-0.4, -0.2) is 92.0 Å². The third-order valence-corrected chi connectivity index (χ3v) is 6.64. The van der Waals surface area contributed by atoms with Crippen molar-refractivity contribution >= 4 is 23.5 Å². The Kier molecular flexibility index (Phi) is 8.63. The molecule has 0 atom stereocenters. The number of amides is 3. The molecule has 0 radical (unpaired) electrons. The summed E-state index contributed by atoms with van der Waals surface area (Å²) in [6.45, 7) is 7.50. The summed E-state index contributed by atoms with van der Waals surface area (Å²) >= 11 is 0. The van der Waals surface area contributed by atoms with Crippen molar-refractivity contribution in [1.82, 2.24) is 20.0 Å². The molecule has 35 heavy (non-hydrogen) atoms. The van der Waals surface area contributed by atoms with Gasteiger partial charge in [0.2, 0.25) is 5.91 Å². The van der Waals surface area contributed by atoms with Gasteiger partial charge in [-0.1, -0.05) is 13.0 Å². The number of carbonyl (C=O) groups is 2. The number of amidine groups is 1. The molecule has 0 spiro atoms. The van der Waals surface area contributed by atoms with Gasteiger partial charge in [0.15, 0.2) is 0 Å². The molecule has 0 aliphatic carbocycles. The van der Waals surface area contributed by atoms with E-state index in [0.29, 0.717) is 57.3 Å². The standard InChI is InChI=1S/C26H37N5O4/c1-3-17-35-20-7-9-23(34-2)21(18-20)22-8-10-24(27-22)28-26(33)31-15-13-29(14-16-31)19-25(32)30-11-5-4-6-12-30/h7-9,18H,3-6,10-17,19H2,1-2H3,(H,27,28,33). The number of methoxy groups -OCH3 is 1. The first-order valence-electron chi connectivity index (χ1n) is 12.7. The van der Waals surface area contributed by atoms with Crippen LogP contribution in [0.2, 0.25) is 0 Å². The molecule has 3 amide bonds. The molecule has 1 N–H and O–H groups in total. The van der Waals surface area contributed by atoms with Crippen molar-refractivity contribution in [2.24, 2.45) is 4.99 Å². The first kappa shape index (κ1) is 25.0. The van der Waals surface area contributed by atoms with E-state index < -0.39 is 0 Å². The highest BCUT2D eigenvalue weighted by molar-refractivity contribution is 6.03. The highest BCUT2D eigenvalue weighted by Crippen LogP contribution is 2.33. The average molecular weight is 484 g/mol. The topological polar surface area (TPSA) is 86.7 Å². The Bertz CT molecular complexity index is 962. The fourth-order valence-electron chi connectivity index (χ4n) is 4.62. The summed E-state index contributed by atoms with van der Waals surface area (Å²) < 4.78 is 11.3. The van der Waals surface area contributed by atoms with Gasteiger partial charge in [-0.3, -0.25) is 15.0 Å². The monoisotopic (exact) mass is 483 g/mol. The molecule has 3 heterocycles. The fraction of sp³-hybridized carbons (Fsp3) is 0.577. The Labute approximate surface area is 207 Å². The number of urea groups is 1. The Morgan fingerprint density at radius 3 is 2.51 bits per heavy atom. The summed E-state index contributed by atoms with van der Waals surface area (Å²) in [6, 6.07) is 5.55. The van der Waals surface area contributed by atoms with Gasteiger partial charge in [-0.15, -0.1) is 0 Å². The Morgan fingerprint density at radius 1 is 1.03 bits per heavy atom. The quantitative estimate of drug-likeness (QED) is 0.644. The van der Waals surface area contributed by atoms with E-state index >= 15 is 0 Å². The second-order valence-electron chi connectivity index (χ2n) is 9.20. The predicted molar refractivity (Wildman–Crippen MR) is 136 cm³/mol. The summed E-state index contributed by atoms with van der Waals surface area (Å²) in [5, 5.41) is 2.96. The van der Waals surface area contributed by atoms with Gasteiger partial charge in [0.1, 0.15) is 17.3 Å². The maximum absolute atomic E-state index is 12.8. The zero-order valence-electron chi connectivity index (χ0n) is 20.9. The van der Waals surface area contributed by atoms with Crippen molar-refractivity contribution in [1.29, 1.82) is 0 Å². The lowest BCUT2D eigenvalue weighted by Gasteiger charge is -2.36. The van der Waals surface area contributed by atoms with Crippen LogP contribution in [0.3, 0.4) is 0 Å². The normalized spacial score (nSPS) is 18.7. The summed E-state index contributed by atoms with van der Waals surface area (Å²) in [5.41, 5.74) is 1.61. The molecule has 0 aromatic heterocycles. The minimum absolute atomic E-state index is 0.146. The van der Waals surface area contributed by atoms with E-state index in [2.05, 4.69) is 22.1 Å². The third kappa shape index (κ3) is 6.54. The number of piperidine rings is 1. The first-order valence-corrected chi connectivity index (χ1v) is 12.7. The van der Waals surface area contributed by atoms with Crippen LogP contribution in [0.15, 0.2) is 29.3 Å². The lowest BCUT2D eigenvalue weighted by molar-refractivity contribution is -0.133. The van der Waals surface area contributed by atoms with Crippen LogP contribution in [0.4, 0.5) is 4.79 Å². The van der Waals surface area contributed by atoms with E-state index in [9.17, 15) is 9.59 Å². The molecule has 1 aromatic rings. The van der Waals surface area contributed by atoms with Gasteiger partial charge in [0, 0.05) is 51.3 Å². The second kappa shape index (κ2) is 12.1. The molecular formula is C26H37N5O4. The van der Waals surface area contributed by atoms with Crippen LogP contribution in [0.1, 0.15) is 44.6 Å². The van der Waals surface area contributed by atoms with Crippen LogP contribution in [-0.2, 0) is 4.79 Å². The zero-order valence-corrected chi connectivity index (χ0v) is 20.9. The second-order valence-corrected chi connectivity index (χ2v) is 9.20. The molecule has 190 valence electrons. The van der Waals surface area contributed by atoms with Crippen molar-refractivity contribution in [3.05, 3.63) is 29.8 Å². The van der Waals surface area contributed by atoms with E-state index in [1.165, 1.54) is 6.42 Å². The van der Waals surface area contributed by atoms with Crippen molar-refractivity contribution < 1.29 is 19.1 Å². The molecule has 9 heteroatoms. The van der Waals surface area contributed by atoms with Crippen LogP contribution >= 0.6 is 0 Å². The molecule has 3 aliphatic rings. The number of piperazine rings is 1. The molecule has 0 unspecified atom stereocenters. The number of nitrogens with zero attached hydrogens (tertiary/aromatic N) is 4. The fourth-order valence-corrected chi connectivity index (χ4v) is 4.62. The van der Waals surface area contributed by atoms with Gasteiger partial charge in [0.25, 0.3) is 0 Å². The van der Waals surface area contributed by atoms with Crippen molar-refractivity contribution in [3.63, 3.8) is 0 Å². The van der Waals surface area contributed by atoms with Gasteiger partial charge >= 0.3 is 6.03 Å². The van der Waals surface area contributed by atoms with Crippen molar-refractivity contribution in [2.75, 3.05) is 59.5 Å². The van der Waals surface area contributed by atoms with Gasteiger partial charge in [0.05, 0.1) is 26.0 Å². The van der Waals surface area contributed by atoms with Crippen molar-refractivity contribution in [3.8, 4) is 11.5 Å². The SMILES string of the molecule is CCCOc1ccc(OC)c(C2=CCC(NC(=O)N3CCN(CC(=O)N4CCCCC4)CC3)=N2)c1. The molecule has 0 bridgehead atoms. The molecule has 2 fully saturated rings. The molecule has 3 aliphatic heterocycles.